The first-order valence-corrected chi connectivity index (χ1v) is 8.16. The summed E-state index contributed by atoms with van der Waals surface area (Å²) in [6.45, 7) is 3.03. The molecule has 0 amide bonds. The molecule has 0 aliphatic rings. The van der Waals surface area contributed by atoms with Crippen LogP contribution in [0, 0.1) is 5.82 Å². The molecule has 0 bridgehead atoms. The van der Waals surface area contributed by atoms with Gasteiger partial charge in [0.2, 0.25) is 0 Å². The van der Waals surface area contributed by atoms with Gasteiger partial charge in [0.1, 0.15) is 5.82 Å². The monoisotopic (exact) mass is 493 g/mol. The highest BCUT2D eigenvalue weighted by atomic mass is 127. The van der Waals surface area contributed by atoms with Crippen LogP contribution in [-0.4, -0.2) is 26.7 Å². The Labute approximate surface area is 175 Å². The first-order valence-electron chi connectivity index (χ1n) is 7.78. The third kappa shape index (κ3) is 6.21. The topological polar surface area (TPSA) is 54.9 Å². The predicted octanol–water partition coefficient (Wildman–Crippen LogP) is 4.69. The van der Waals surface area contributed by atoms with Crippen molar-refractivity contribution in [2.45, 2.75) is 13.5 Å². The summed E-state index contributed by atoms with van der Waals surface area (Å²) in [5.74, 6) is 1.42. The number of nitrogens with one attached hydrogen (secondary N) is 2. The lowest BCUT2D eigenvalue weighted by Gasteiger charge is -2.14. The second-order valence-corrected chi connectivity index (χ2v) is 5.55. The SMILES string of the molecule is CCNC(=NCc1ccc(F)c(Cl)c1)Nc1ccc(OC)c(OC)c1.I. The number of hydrogen-bond acceptors (Lipinski definition) is 3. The van der Waals surface area contributed by atoms with Gasteiger partial charge in [-0.25, -0.2) is 9.38 Å². The minimum absolute atomic E-state index is 0. The van der Waals surface area contributed by atoms with Gasteiger partial charge in [0.05, 0.1) is 25.8 Å². The average molecular weight is 494 g/mol. The number of hydrogen-bond donors (Lipinski definition) is 2. The van der Waals surface area contributed by atoms with Crippen molar-refractivity contribution in [2.75, 3.05) is 26.1 Å². The molecular formula is C18H22ClFIN3O2. The van der Waals surface area contributed by atoms with Crippen molar-refractivity contribution < 1.29 is 13.9 Å². The number of aliphatic imine (C=N–C) groups is 1. The standard InChI is InChI=1S/C18H21ClFN3O2.HI/c1-4-21-18(22-11-12-5-7-15(20)14(19)9-12)23-13-6-8-16(24-2)17(10-13)25-3;/h5-10H,4,11H2,1-3H3,(H2,21,22,23);1H. The molecule has 0 fully saturated rings. The molecule has 0 saturated heterocycles. The molecule has 0 saturated carbocycles. The van der Waals surface area contributed by atoms with Gasteiger partial charge in [-0.05, 0) is 36.8 Å². The molecule has 2 aromatic rings. The fourth-order valence-electron chi connectivity index (χ4n) is 2.17. The minimum atomic E-state index is -0.440. The zero-order valence-corrected chi connectivity index (χ0v) is 17.9. The molecule has 8 heteroatoms. The molecule has 2 aromatic carbocycles. The Kier molecular flexibility index (Phi) is 9.50. The number of benzene rings is 2. The Balaban J connectivity index is 0.00000338. The summed E-state index contributed by atoms with van der Waals surface area (Å²) in [7, 11) is 3.17. The summed E-state index contributed by atoms with van der Waals surface area (Å²) >= 11 is 5.80. The molecule has 0 aromatic heterocycles. The third-order valence-electron chi connectivity index (χ3n) is 3.39. The largest absolute Gasteiger partial charge is 0.493 e. The first kappa shape index (κ1) is 22.3. The van der Waals surface area contributed by atoms with Crippen molar-refractivity contribution in [3.63, 3.8) is 0 Å². The van der Waals surface area contributed by atoms with Crippen LogP contribution >= 0.6 is 35.6 Å². The van der Waals surface area contributed by atoms with Crippen molar-refractivity contribution in [1.82, 2.24) is 5.32 Å². The lowest BCUT2D eigenvalue weighted by atomic mass is 10.2. The van der Waals surface area contributed by atoms with Crippen LogP contribution in [0.1, 0.15) is 12.5 Å². The highest BCUT2D eigenvalue weighted by Gasteiger charge is 2.06. The third-order valence-corrected chi connectivity index (χ3v) is 3.68. The van der Waals surface area contributed by atoms with E-state index in [2.05, 4.69) is 15.6 Å². The van der Waals surface area contributed by atoms with E-state index in [1.807, 2.05) is 25.1 Å². The molecule has 26 heavy (non-hydrogen) atoms. The van der Waals surface area contributed by atoms with Crippen LogP contribution < -0.4 is 20.1 Å². The molecule has 0 unspecified atom stereocenters. The molecule has 0 radical (unpaired) electrons. The predicted molar refractivity (Wildman–Crippen MR) is 115 cm³/mol. The number of halogens is 3. The van der Waals surface area contributed by atoms with E-state index < -0.39 is 5.82 Å². The van der Waals surface area contributed by atoms with E-state index in [9.17, 15) is 4.39 Å². The van der Waals surface area contributed by atoms with E-state index in [-0.39, 0.29) is 29.0 Å². The van der Waals surface area contributed by atoms with Crippen LogP contribution in [0.15, 0.2) is 41.4 Å². The maximum atomic E-state index is 13.2. The molecule has 0 aliphatic carbocycles. The van der Waals surface area contributed by atoms with Gasteiger partial charge in [-0.1, -0.05) is 17.7 Å². The highest BCUT2D eigenvalue weighted by Crippen LogP contribution is 2.29. The summed E-state index contributed by atoms with van der Waals surface area (Å²) in [5.41, 5.74) is 1.62. The van der Waals surface area contributed by atoms with Crippen LogP contribution in [0.4, 0.5) is 10.1 Å². The van der Waals surface area contributed by atoms with E-state index >= 15 is 0 Å². The summed E-state index contributed by atoms with van der Waals surface area (Å²) in [6, 6.07) is 10.1. The summed E-state index contributed by atoms with van der Waals surface area (Å²) in [4.78, 5) is 4.49. The molecule has 0 aliphatic heterocycles. The zero-order valence-electron chi connectivity index (χ0n) is 14.8. The molecule has 0 heterocycles. The van der Waals surface area contributed by atoms with Gasteiger partial charge in [-0.2, -0.15) is 0 Å². The van der Waals surface area contributed by atoms with Crippen LogP contribution in [0.3, 0.4) is 0 Å². The minimum Gasteiger partial charge on any atom is -0.493 e. The highest BCUT2D eigenvalue weighted by molar-refractivity contribution is 14.0. The van der Waals surface area contributed by atoms with Crippen LogP contribution in [0.2, 0.25) is 5.02 Å². The summed E-state index contributed by atoms with van der Waals surface area (Å²) < 4.78 is 23.7. The van der Waals surface area contributed by atoms with Gasteiger partial charge in [0, 0.05) is 18.3 Å². The smallest absolute Gasteiger partial charge is 0.196 e. The van der Waals surface area contributed by atoms with E-state index in [4.69, 9.17) is 21.1 Å². The molecule has 0 spiro atoms. The van der Waals surface area contributed by atoms with E-state index in [0.717, 1.165) is 11.3 Å². The number of rotatable bonds is 6. The van der Waals surface area contributed by atoms with Gasteiger partial charge in [0.25, 0.3) is 0 Å². The van der Waals surface area contributed by atoms with E-state index in [1.54, 1.807) is 26.4 Å². The Bertz CT molecular complexity index is 759. The maximum Gasteiger partial charge on any atom is 0.196 e. The molecule has 2 rings (SSSR count). The van der Waals surface area contributed by atoms with Crippen molar-refractivity contribution >= 4 is 47.2 Å². The average Bonchev–Trinajstić information content (AvgIpc) is 2.62. The number of anilines is 1. The first-order chi connectivity index (χ1) is 12.1. The van der Waals surface area contributed by atoms with E-state index in [1.165, 1.54) is 6.07 Å². The summed E-state index contributed by atoms with van der Waals surface area (Å²) in [6.07, 6.45) is 0. The van der Waals surface area contributed by atoms with Gasteiger partial charge >= 0.3 is 0 Å². The Morgan fingerprint density at radius 2 is 1.85 bits per heavy atom. The Hall–Kier alpha value is -1.74. The van der Waals surface area contributed by atoms with Gasteiger partial charge in [-0.3, -0.25) is 0 Å². The number of nitrogens with zero attached hydrogens (tertiary/aromatic N) is 1. The molecular weight excluding hydrogens is 472 g/mol. The van der Waals surface area contributed by atoms with Gasteiger partial charge < -0.3 is 20.1 Å². The van der Waals surface area contributed by atoms with Crippen LogP contribution in [0.5, 0.6) is 11.5 Å². The fraction of sp³-hybridized carbons (Fsp3) is 0.278. The molecule has 0 atom stereocenters. The molecule has 142 valence electrons. The fourth-order valence-corrected chi connectivity index (χ4v) is 2.37. The summed E-state index contributed by atoms with van der Waals surface area (Å²) in [5, 5.41) is 6.44. The lowest BCUT2D eigenvalue weighted by Crippen LogP contribution is -2.30. The van der Waals surface area contributed by atoms with Gasteiger partial charge in [0.15, 0.2) is 17.5 Å². The van der Waals surface area contributed by atoms with Crippen LogP contribution in [-0.2, 0) is 6.54 Å². The number of guanidine groups is 1. The van der Waals surface area contributed by atoms with Crippen molar-refractivity contribution in [3.8, 4) is 11.5 Å². The lowest BCUT2D eigenvalue weighted by molar-refractivity contribution is 0.355. The van der Waals surface area contributed by atoms with Crippen molar-refractivity contribution in [3.05, 3.63) is 52.8 Å². The molecule has 5 nitrogen and oxygen atoms in total. The normalized spacial score (nSPS) is 10.7. The second-order valence-electron chi connectivity index (χ2n) is 5.14. The zero-order chi connectivity index (χ0) is 18.2. The van der Waals surface area contributed by atoms with Crippen LogP contribution in [0.25, 0.3) is 0 Å². The second kappa shape index (κ2) is 11.1. The quantitative estimate of drug-likeness (QED) is 0.348. The number of ether oxygens (including phenoxy) is 2. The Morgan fingerprint density at radius 3 is 2.46 bits per heavy atom. The maximum absolute atomic E-state index is 13.2. The number of methoxy groups -OCH3 is 2. The van der Waals surface area contributed by atoms with E-state index in [0.29, 0.717) is 30.5 Å². The Morgan fingerprint density at radius 1 is 1.12 bits per heavy atom. The van der Waals surface area contributed by atoms with Crippen molar-refractivity contribution in [2.24, 2.45) is 4.99 Å². The van der Waals surface area contributed by atoms with Crippen molar-refractivity contribution in [1.29, 1.82) is 0 Å². The molecule has 2 N–H and O–H groups in total. The van der Waals surface area contributed by atoms with Gasteiger partial charge in [-0.15, -0.1) is 24.0 Å².